The lowest BCUT2D eigenvalue weighted by molar-refractivity contribution is 0.988. The lowest BCUT2D eigenvalue weighted by Gasteiger charge is -2.00. The molecule has 0 atom stereocenters. The minimum Gasteiger partial charge on any atom is -0.388 e. The summed E-state index contributed by atoms with van der Waals surface area (Å²) >= 11 is 1.81. The van der Waals surface area contributed by atoms with Crippen LogP contribution in [0.3, 0.4) is 0 Å². The first kappa shape index (κ1) is 10.1. The third kappa shape index (κ3) is 4.58. The Bertz CT molecular complexity index is 259. The zero-order valence-electron chi connectivity index (χ0n) is 7.49. The highest BCUT2D eigenvalue weighted by molar-refractivity contribution is 7.99. The van der Waals surface area contributed by atoms with Crippen molar-refractivity contribution >= 4 is 17.6 Å². The molecule has 0 saturated carbocycles. The average molecular weight is 194 g/mol. The van der Waals surface area contributed by atoms with Gasteiger partial charge in [0.2, 0.25) is 0 Å². The van der Waals surface area contributed by atoms with Gasteiger partial charge in [-0.15, -0.1) is 11.8 Å². The molecule has 0 aliphatic heterocycles. The zero-order valence-corrected chi connectivity index (χ0v) is 8.31. The first-order valence-electron chi connectivity index (χ1n) is 4.30. The quantitative estimate of drug-likeness (QED) is 0.327. The molecule has 0 bridgehead atoms. The molecular formula is C10H14N2S. The van der Waals surface area contributed by atoms with Crippen molar-refractivity contribution in [2.75, 3.05) is 5.75 Å². The van der Waals surface area contributed by atoms with E-state index in [-0.39, 0.29) is 5.84 Å². The van der Waals surface area contributed by atoms with Crippen molar-refractivity contribution < 1.29 is 0 Å². The molecule has 3 N–H and O–H groups in total. The Morgan fingerprint density at radius 3 is 2.62 bits per heavy atom. The van der Waals surface area contributed by atoms with Crippen LogP contribution in [0.25, 0.3) is 0 Å². The molecule has 13 heavy (non-hydrogen) atoms. The van der Waals surface area contributed by atoms with Gasteiger partial charge in [-0.3, -0.25) is 5.41 Å². The molecule has 0 amide bonds. The smallest absolute Gasteiger partial charge is 0.0905 e. The normalized spacial score (nSPS) is 9.85. The Hall–Kier alpha value is -0.960. The topological polar surface area (TPSA) is 49.9 Å². The van der Waals surface area contributed by atoms with Gasteiger partial charge in [-0.1, -0.05) is 18.2 Å². The van der Waals surface area contributed by atoms with Crippen LogP contribution in [0.1, 0.15) is 12.8 Å². The minimum absolute atomic E-state index is 0.286. The third-order valence-electron chi connectivity index (χ3n) is 1.60. The number of nitrogens with two attached hydrogens (primary N) is 1. The standard InChI is InChI=1S/C10H14N2S/c11-10(12)7-4-8-13-9-5-2-1-3-6-9/h1-3,5-6H,4,7-8H2,(H3,11,12). The van der Waals surface area contributed by atoms with Gasteiger partial charge in [0, 0.05) is 11.3 Å². The van der Waals surface area contributed by atoms with Crippen molar-refractivity contribution in [2.45, 2.75) is 17.7 Å². The maximum atomic E-state index is 7.05. The van der Waals surface area contributed by atoms with Crippen molar-refractivity contribution in [1.29, 1.82) is 5.41 Å². The van der Waals surface area contributed by atoms with Gasteiger partial charge < -0.3 is 5.73 Å². The van der Waals surface area contributed by atoms with E-state index in [1.54, 1.807) is 0 Å². The fourth-order valence-corrected chi connectivity index (χ4v) is 1.84. The molecule has 2 nitrogen and oxygen atoms in total. The van der Waals surface area contributed by atoms with Crippen LogP contribution in [0.15, 0.2) is 35.2 Å². The highest BCUT2D eigenvalue weighted by Gasteiger charge is 1.93. The molecular weight excluding hydrogens is 180 g/mol. The molecule has 0 heterocycles. The van der Waals surface area contributed by atoms with Gasteiger partial charge in [-0.25, -0.2) is 0 Å². The molecule has 1 rings (SSSR count). The predicted molar refractivity (Wildman–Crippen MR) is 58.3 cm³/mol. The van der Waals surface area contributed by atoms with Gasteiger partial charge in [0.15, 0.2) is 0 Å². The Kier molecular flexibility index (Phi) is 4.40. The lowest BCUT2D eigenvalue weighted by atomic mass is 10.3. The number of amidine groups is 1. The van der Waals surface area contributed by atoms with E-state index < -0.39 is 0 Å². The number of rotatable bonds is 5. The van der Waals surface area contributed by atoms with Crippen LogP contribution in [0, 0.1) is 5.41 Å². The second-order valence-corrected chi connectivity index (χ2v) is 3.96. The maximum Gasteiger partial charge on any atom is 0.0905 e. The molecule has 0 saturated heterocycles. The van der Waals surface area contributed by atoms with Crippen LogP contribution in [-0.4, -0.2) is 11.6 Å². The second kappa shape index (κ2) is 5.65. The molecule has 0 aliphatic carbocycles. The number of benzene rings is 1. The SMILES string of the molecule is N=C(N)CCCSc1ccccc1. The summed E-state index contributed by atoms with van der Waals surface area (Å²) in [5.41, 5.74) is 5.25. The van der Waals surface area contributed by atoms with Gasteiger partial charge in [-0.2, -0.15) is 0 Å². The molecule has 70 valence electrons. The van der Waals surface area contributed by atoms with E-state index in [0.717, 1.165) is 12.2 Å². The van der Waals surface area contributed by atoms with Crippen molar-refractivity contribution in [2.24, 2.45) is 5.73 Å². The average Bonchev–Trinajstić information content (AvgIpc) is 2.14. The van der Waals surface area contributed by atoms with Crippen molar-refractivity contribution in [3.63, 3.8) is 0 Å². The molecule has 1 aromatic carbocycles. The molecule has 1 aromatic rings. The monoisotopic (exact) mass is 194 g/mol. The van der Waals surface area contributed by atoms with Gasteiger partial charge in [0.25, 0.3) is 0 Å². The number of thioether (sulfide) groups is 1. The van der Waals surface area contributed by atoms with Gasteiger partial charge >= 0.3 is 0 Å². The summed E-state index contributed by atoms with van der Waals surface area (Å²) in [6.45, 7) is 0. The van der Waals surface area contributed by atoms with Crippen LogP contribution in [0.4, 0.5) is 0 Å². The van der Waals surface area contributed by atoms with Crippen LogP contribution >= 0.6 is 11.8 Å². The summed E-state index contributed by atoms with van der Waals surface area (Å²) in [6.07, 6.45) is 1.69. The van der Waals surface area contributed by atoms with Crippen LogP contribution in [0.5, 0.6) is 0 Å². The Morgan fingerprint density at radius 2 is 2.00 bits per heavy atom. The van der Waals surface area contributed by atoms with E-state index in [2.05, 4.69) is 12.1 Å². The zero-order chi connectivity index (χ0) is 9.52. The van der Waals surface area contributed by atoms with Crippen molar-refractivity contribution in [3.05, 3.63) is 30.3 Å². The third-order valence-corrected chi connectivity index (χ3v) is 2.70. The van der Waals surface area contributed by atoms with Gasteiger partial charge in [-0.05, 0) is 24.3 Å². The van der Waals surface area contributed by atoms with Crippen LogP contribution in [-0.2, 0) is 0 Å². The summed E-state index contributed by atoms with van der Waals surface area (Å²) in [4.78, 5) is 1.28. The highest BCUT2D eigenvalue weighted by Crippen LogP contribution is 2.17. The van der Waals surface area contributed by atoms with Gasteiger partial charge in [0.05, 0.1) is 5.84 Å². The van der Waals surface area contributed by atoms with Gasteiger partial charge in [0.1, 0.15) is 0 Å². The Morgan fingerprint density at radius 1 is 1.31 bits per heavy atom. The summed E-state index contributed by atoms with van der Waals surface area (Å²) in [6, 6.07) is 10.3. The molecule has 0 radical (unpaired) electrons. The summed E-state index contributed by atoms with van der Waals surface area (Å²) in [5, 5.41) is 7.05. The largest absolute Gasteiger partial charge is 0.388 e. The molecule has 0 aliphatic rings. The number of hydrogen-bond acceptors (Lipinski definition) is 2. The van der Waals surface area contributed by atoms with E-state index in [9.17, 15) is 0 Å². The minimum atomic E-state index is 0.286. The second-order valence-electron chi connectivity index (χ2n) is 2.79. The van der Waals surface area contributed by atoms with Crippen LogP contribution < -0.4 is 5.73 Å². The Balaban J connectivity index is 2.17. The summed E-state index contributed by atoms with van der Waals surface area (Å²) in [7, 11) is 0. The van der Waals surface area contributed by atoms with Crippen molar-refractivity contribution in [3.8, 4) is 0 Å². The van der Waals surface area contributed by atoms with Crippen LogP contribution in [0.2, 0.25) is 0 Å². The predicted octanol–water partition coefficient (Wildman–Crippen LogP) is 2.49. The first-order valence-corrected chi connectivity index (χ1v) is 5.28. The van der Waals surface area contributed by atoms with E-state index in [4.69, 9.17) is 11.1 Å². The molecule has 0 spiro atoms. The first-order chi connectivity index (χ1) is 6.29. The molecule has 0 aromatic heterocycles. The fraction of sp³-hybridized carbons (Fsp3) is 0.300. The summed E-state index contributed by atoms with van der Waals surface area (Å²) in [5.74, 6) is 1.32. The van der Waals surface area contributed by atoms with E-state index in [0.29, 0.717) is 6.42 Å². The van der Waals surface area contributed by atoms with Crippen molar-refractivity contribution in [1.82, 2.24) is 0 Å². The number of hydrogen-bond donors (Lipinski definition) is 2. The molecule has 3 heteroatoms. The van der Waals surface area contributed by atoms with E-state index in [1.807, 2.05) is 30.0 Å². The number of nitrogens with one attached hydrogen (secondary N) is 1. The Labute approximate surface area is 83.0 Å². The fourth-order valence-electron chi connectivity index (χ4n) is 0.969. The molecule has 0 fully saturated rings. The van der Waals surface area contributed by atoms with E-state index in [1.165, 1.54) is 4.90 Å². The summed E-state index contributed by atoms with van der Waals surface area (Å²) < 4.78 is 0. The molecule has 0 unspecified atom stereocenters. The van der Waals surface area contributed by atoms with E-state index >= 15 is 0 Å². The highest BCUT2D eigenvalue weighted by atomic mass is 32.2. The maximum absolute atomic E-state index is 7.05. The lowest BCUT2D eigenvalue weighted by Crippen LogP contribution is -2.08.